The summed E-state index contributed by atoms with van der Waals surface area (Å²) in [4.78, 5) is 4.69. The zero-order valence-corrected chi connectivity index (χ0v) is 15.5. The van der Waals surface area contributed by atoms with Gasteiger partial charge in [-0.05, 0) is 59.8 Å². The molecule has 1 aromatic heterocycles. The highest BCUT2D eigenvalue weighted by atomic mass is 28.3. The van der Waals surface area contributed by atoms with Crippen LogP contribution in [-0.2, 0) is 6.42 Å². The lowest BCUT2D eigenvalue weighted by atomic mass is 9.99. The molecule has 1 nitrogen and oxygen atoms in total. The Balaban J connectivity index is 2.55. The average Bonchev–Trinajstić information content (AvgIpc) is 2.36. The lowest BCUT2D eigenvalue weighted by molar-refractivity contribution is 0.627. The molecule has 22 heavy (non-hydrogen) atoms. The second-order valence-corrected chi connectivity index (χ2v) is 12.6. The standard InChI is InChI=1S/C19H26FNSi/c1-13(2)9-15-11-18(21-12-19(15)22(4,5)6)17-8-7-16(20)10-14(17)3/h7-8,10-13H,9H2,1-6H3. The smallest absolute Gasteiger partial charge is 0.123 e. The van der Waals surface area contributed by atoms with E-state index >= 15 is 0 Å². The predicted octanol–water partition coefficient (Wildman–Crippen LogP) is 4.94. The van der Waals surface area contributed by atoms with Crippen molar-refractivity contribution in [3.63, 3.8) is 0 Å². The zero-order chi connectivity index (χ0) is 16.5. The van der Waals surface area contributed by atoms with Crippen LogP contribution in [0.2, 0.25) is 19.6 Å². The molecule has 0 fully saturated rings. The SMILES string of the molecule is Cc1cc(F)ccc1-c1cc(CC(C)C)c([Si](C)(C)C)cn1. The van der Waals surface area contributed by atoms with E-state index in [0.717, 1.165) is 23.2 Å². The molecule has 0 spiro atoms. The van der Waals surface area contributed by atoms with E-state index in [0.29, 0.717) is 5.92 Å². The molecule has 0 aliphatic carbocycles. The van der Waals surface area contributed by atoms with Crippen LogP contribution < -0.4 is 5.19 Å². The van der Waals surface area contributed by atoms with E-state index in [1.807, 2.05) is 13.0 Å². The fourth-order valence-electron chi connectivity index (χ4n) is 2.84. The molecule has 0 N–H and O–H groups in total. The molecular weight excluding hydrogens is 289 g/mol. The number of aryl methyl sites for hydroxylation is 1. The van der Waals surface area contributed by atoms with E-state index in [1.165, 1.54) is 16.8 Å². The van der Waals surface area contributed by atoms with Gasteiger partial charge in [0.25, 0.3) is 0 Å². The van der Waals surface area contributed by atoms with Crippen LogP contribution in [0.25, 0.3) is 11.3 Å². The minimum atomic E-state index is -1.41. The Kier molecular flexibility index (Phi) is 4.86. The first kappa shape index (κ1) is 16.9. The minimum Gasteiger partial charge on any atom is -0.256 e. The number of benzene rings is 1. The summed E-state index contributed by atoms with van der Waals surface area (Å²) in [7, 11) is -1.41. The second kappa shape index (κ2) is 6.33. The molecule has 0 aliphatic rings. The van der Waals surface area contributed by atoms with E-state index in [-0.39, 0.29) is 5.82 Å². The Morgan fingerprint density at radius 1 is 1.14 bits per heavy atom. The van der Waals surface area contributed by atoms with Gasteiger partial charge in [0.05, 0.1) is 13.8 Å². The quantitative estimate of drug-likeness (QED) is 0.728. The van der Waals surface area contributed by atoms with Crippen LogP contribution in [0.15, 0.2) is 30.5 Å². The number of halogens is 1. The van der Waals surface area contributed by atoms with Crippen molar-refractivity contribution in [1.29, 1.82) is 0 Å². The molecule has 1 heterocycles. The maximum Gasteiger partial charge on any atom is 0.123 e. The van der Waals surface area contributed by atoms with Gasteiger partial charge in [0.2, 0.25) is 0 Å². The zero-order valence-electron chi connectivity index (χ0n) is 14.5. The lowest BCUT2D eigenvalue weighted by Gasteiger charge is -2.22. The monoisotopic (exact) mass is 315 g/mol. The summed E-state index contributed by atoms with van der Waals surface area (Å²) in [5.41, 5.74) is 4.32. The van der Waals surface area contributed by atoms with Crippen molar-refractivity contribution in [2.24, 2.45) is 5.92 Å². The number of rotatable bonds is 4. The van der Waals surface area contributed by atoms with E-state index in [4.69, 9.17) is 0 Å². The normalized spacial score (nSPS) is 12.0. The van der Waals surface area contributed by atoms with E-state index in [1.54, 1.807) is 6.07 Å². The van der Waals surface area contributed by atoms with Gasteiger partial charge in [0.15, 0.2) is 0 Å². The topological polar surface area (TPSA) is 12.9 Å². The minimum absolute atomic E-state index is 0.192. The molecule has 0 bridgehead atoms. The Bertz CT molecular complexity index is 672. The third-order valence-electron chi connectivity index (χ3n) is 3.89. The first-order valence-electron chi connectivity index (χ1n) is 7.94. The van der Waals surface area contributed by atoms with Crippen molar-refractivity contribution in [3.8, 4) is 11.3 Å². The Hall–Kier alpha value is -1.48. The van der Waals surface area contributed by atoms with Gasteiger partial charge in [-0.15, -0.1) is 0 Å². The van der Waals surface area contributed by atoms with Crippen molar-refractivity contribution >= 4 is 13.3 Å². The maximum atomic E-state index is 13.3. The van der Waals surface area contributed by atoms with Gasteiger partial charge in [-0.3, -0.25) is 4.98 Å². The number of hydrogen-bond acceptors (Lipinski definition) is 1. The number of aromatic nitrogens is 1. The van der Waals surface area contributed by atoms with Gasteiger partial charge in [-0.2, -0.15) is 0 Å². The molecule has 0 unspecified atom stereocenters. The van der Waals surface area contributed by atoms with Crippen molar-refractivity contribution < 1.29 is 4.39 Å². The van der Waals surface area contributed by atoms with Gasteiger partial charge < -0.3 is 0 Å². The molecule has 0 saturated carbocycles. The van der Waals surface area contributed by atoms with Gasteiger partial charge in [0, 0.05) is 11.8 Å². The Morgan fingerprint density at radius 2 is 1.82 bits per heavy atom. The van der Waals surface area contributed by atoms with Gasteiger partial charge in [-0.1, -0.05) is 33.5 Å². The first-order valence-corrected chi connectivity index (χ1v) is 11.4. The number of pyridine rings is 1. The molecule has 3 heteroatoms. The summed E-state index contributed by atoms with van der Waals surface area (Å²) in [6.45, 7) is 13.5. The molecule has 118 valence electrons. The molecule has 0 atom stereocenters. The van der Waals surface area contributed by atoms with Crippen molar-refractivity contribution in [1.82, 2.24) is 4.98 Å². The summed E-state index contributed by atoms with van der Waals surface area (Å²) in [5.74, 6) is 0.419. The molecule has 1 aromatic carbocycles. The van der Waals surface area contributed by atoms with Crippen molar-refractivity contribution in [3.05, 3.63) is 47.4 Å². The molecule has 0 aliphatic heterocycles. The highest BCUT2D eigenvalue weighted by Crippen LogP contribution is 2.24. The number of nitrogens with zero attached hydrogens (tertiary/aromatic N) is 1. The van der Waals surface area contributed by atoms with Crippen molar-refractivity contribution in [2.45, 2.75) is 46.8 Å². The highest BCUT2D eigenvalue weighted by molar-refractivity contribution is 6.89. The van der Waals surface area contributed by atoms with E-state index < -0.39 is 8.07 Å². The summed E-state index contributed by atoms with van der Waals surface area (Å²) < 4.78 is 13.3. The van der Waals surface area contributed by atoms with Crippen LogP contribution in [-0.4, -0.2) is 13.1 Å². The molecule has 0 saturated heterocycles. The van der Waals surface area contributed by atoms with Gasteiger partial charge in [0.1, 0.15) is 5.82 Å². The maximum absolute atomic E-state index is 13.3. The van der Waals surface area contributed by atoms with Crippen LogP contribution in [0.1, 0.15) is 25.0 Å². The third kappa shape index (κ3) is 3.83. The second-order valence-electron chi connectivity index (χ2n) is 7.53. The average molecular weight is 316 g/mol. The van der Waals surface area contributed by atoms with Gasteiger partial charge >= 0.3 is 0 Å². The Morgan fingerprint density at radius 3 is 2.36 bits per heavy atom. The van der Waals surface area contributed by atoms with Crippen LogP contribution >= 0.6 is 0 Å². The fraction of sp³-hybridized carbons (Fsp3) is 0.421. The number of hydrogen-bond donors (Lipinski definition) is 0. The van der Waals surface area contributed by atoms with Crippen LogP contribution in [0.5, 0.6) is 0 Å². The Labute approximate surface area is 134 Å². The summed E-state index contributed by atoms with van der Waals surface area (Å²) in [6, 6.07) is 7.14. The summed E-state index contributed by atoms with van der Waals surface area (Å²) in [6.07, 6.45) is 3.12. The largest absolute Gasteiger partial charge is 0.256 e. The summed E-state index contributed by atoms with van der Waals surface area (Å²) >= 11 is 0. The molecule has 0 amide bonds. The lowest BCUT2D eigenvalue weighted by Crippen LogP contribution is -2.40. The van der Waals surface area contributed by atoms with Crippen LogP contribution in [0.4, 0.5) is 4.39 Å². The third-order valence-corrected chi connectivity index (χ3v) is 5.96. The van der Waals surface area contributed by atoms with E-state index in [9.17, 15) is 4.39 Å². The predicted molar refractivity (Wildman–Crippen MR) is 95.9 cm³/mol. The van der Waals surface area contributed by atoms with Crippen molar-refractivity contribution in [2.75, 3.05) is 0 Å². The molecule has 2 aromatic rings. The summed E-state index contributed by atoms with van der Waals surface area (Å²) in [5, 5.41) is 1.43. The molecule has 2 rings (SSSR count). The molecular formula is C19H26FNSi. The van der Waals surface area contributed by atoms with Crippen LogP contribution in [0, 0.1) is 18.7 Å². The fourth-order valence-corrected chi connectivity index (χ4v) is 4.43. The van der Waals surface area contributed by atoms with Crippen LogP contribution in [0.3, 0.4) is 0 Å². The molecule has 0 radical (unpaired) electrons. The highest BCUT2D eigenvalue weighted by Gasteiger charge is 2.22. The first-order chi connectivity index (χ1) is 10.2. The van der Waals surface area contributed by atoms with Gasteiger partial charge in [-0.25, -0.2) is 4.39 Å². The van der Waals surface area contributed by atoms with E-state index in [2.05, 4.69) is 50.7 Å².